The molecule has 21 heavy (non-hydrogen) atoms. The minimum Gasteiger partial charge on any atom is -0.388 e. The second-order valence-electron chi connectivity index (χ2n) is 5.65. The molecule has 110 valence electrons. The average Bonchev–Trinajstić information content (AvgIpc) is 2.45. The van der Waals surface area contributed by atoms with E-state index in [1.54, 1.807) is 25.4 Å². The van der Waals surface area contributed by atoms with E-state index >= 15 is 0 Å². The Morgan fingerprint density at radius 1 is 1.48 bits per heavy atom. The third-order valence-corrected chi connectivity index (χ3v) is 3.67. The first-order valence-corrected chi connectivity index (χ1v) is 6.85. The Kier molecular flexibility index (Phi) is 3.21. The Morgan fingerprint density at radius 2 is 2.29 bits per heavy atom. The number of primary amides is 1. The molecule has 0 aromatic carbocycles. The van der Waals surface area contributed by atoms with E-state index in [-0.39, 0.29) is 5.82 Å². The number of nitrogens with zero attached hydrogens (tertiary/aromatic N) is 4. The molecule has 0 bridgehead atoms. The second kappa shape index (κ2) is 4.92. The lowest BCUT2D eigenvalue weighted by molar-refractivity contribution is 0.0448. The zero-order chi connectivity index (χ0) is 15.0. The van der Waals surface area contributed by atoms with E-state index in [1.807, 2.05) is 4.90 Å². The van der Waals surface area contributed by atoms with Gasteiger partial charge in [0.05, 0.1) is 16.5 Å². The fourth-order valence-electron chi connectivity index (χ4n) is 2.71. The molecule has 1 aliphatic rings. The topological polar surface area (TPSA) is 105 Å². The molecule has 0 unspecified atom stereocenters. The number of piperidine rings is 1. The van der Waals surface area contributed by atoms with Crippen LogP contribution in [-0.2, 0) is 0 Å². The van der Waals surface area contributed by atoms with E-state index in [0.717, 1.165) is 24.8 Å². The van der Waals surface area contributed by atoms with Crippen LogP contribution in [0.1, 0.15) is 30.4 Å². The SMILES string of the molecule is C[C@@]1(O)CCCN(c2nc(C(N)=O)nc3ccncc23)C1. The van der Waals surface area contributed by atoms with Gasteiger partial charge in [0.15, 0.2) is 0 Å². The average molecular weight is 287 g/mol. The van der Waals surface area contributed by atoms with Gasteiger partial charge in [-0.25, -0.2) is 9.97 Å². The van der Waals surface area contributed by atoms with Gasteiger partial charge in [0, 0.05) is 25.5 Å². The van der Waals surface area contributed by atoms with Crippen molar-refractivity contribution in [2.45, 2.75) is 25.4 Å². The van der Waals surface area contributed by atoms with Crippen LogP contribution >= 0.6 is 0 Å². The number of aliphatic hydroxyl groups is 1. The molecule has 7 nitrogen and oxygen atoms in total. The summed E-state index contributed by atoms with van der Waals surface area (Å²) >= 11 is 0. The van der Waals surface area contributed by atoms with E-state index in [4.69, 9.17) is 5.73 Å². The van der Waals surface area contributed by atoms with Crippen molar-refractivity contribution >= 4 is 22.6 Å². The molecule has 1 saturated heterocycles. The predicted molar refractivity (Wildman–Crippen MR) is 77.9 cm³/mol. The standard InChI is InChI=1S/C14H17N5O2/c1-14(21)4-2-6-19(8-14)13-9-7-16-5-3-10(9)17-12(18-13)11(15)20/h3,5,7,21H,2,4,6,8H2,1H3,(H2,15,20)/t14-/m1/s1. The summed E-state index contributed by atoms with van der Waals surface area (Å²) in [4.78, 5) is 25.9. The molecule has 0 radical (unpaired) electrons. The largest absolute Gasteiger partial charge is 0.388 e. The van der Waals surface area contributed by atoms with Gasteiger partial charge in [-0.3, -0.25) is 9.78 Å². The first-order chi connectivity index (χ1) is 9.96. The minimum absolute atomic E-state index is 0.0195. The lowest BCUT2D eigenvalue weighted by atomic mass is 9.95. The molecule has 0 saturated carbocycles. The number of nitrogens with two attached hydrogens (primary N) is 1. The molecule has 2 aromatic heterocycles. The smallest absolute Gasteiger partial charge is 0.286 e. The summed E-state index contributed by atoms with van der Waals surface area (Å²) in [6, 6.07) is 1.72. The number of hydrogen-bond acceptors (Lipinski definition) is 6. The number of hydrogen-bond donors (Lipinski definition) is 2. The third kappa shape index (κ3) is 2.64. The molecule has 2 aromatic rings. The van der Waals surface area contributed by atoms with Crippen LogP contribution in [0.3, 0.4) is 0 Å². The predicted octanol–water partition coefficient (Wildman–Crippen LogP) is 0.475. The van der Waals surface area contributed by atoms with Crippen molar-refractivity contribution in [3.63, 3.8) is 0 Å². The van der Waals surface area contributed by atoms with Crippen molar-refractivity contribution in [2.24, 2.45) is 5.73 Å². The highest BCUT2D eigenvalue weighted by Crippen LogP contribution is 2.29. The first-order valence-electron chi connectivity index (χ1n) is 6.85. The van der Waals surface area contributed by atoms with E-state index in [2.05, 4.69) is 15.0 Å². The van der Waals surface area contributed by atoms with Crippen LogP contribution < -0.4 is 10.6 Å². The second-order valence-corrected chi connectivity index (χ2v) is 5.65. The first kappa shape index (κ1) is 13.7. The number of carbonyl (C=O) groups excluding carboxylic acids is 1. The third-order valence-electron chi connectivity index (χ3n) is 3.67. The van der Waals surface area contributed by atoms with E-state index in [9.17, 15) is 9.90 Å². The zero-order valence-corrected chi connectivity index (χ0v) is 11.8. The molecule has 3 N–H and O–H groups in total. The number of amides is 1. The number of rotatable bonds is 2. The molecular weight excluding hydrogens is 270 g/mol. The monoisotopic (exact) mass is 287 g/mol. The van der Waals surface area contributed by atoms with Crippen LogP contribution in [0.15, 0.2) is 18.5 Å². The molecule has 1 aliphatic heterocycles. The Morgan fingerprint density at radius 3 is 3.00 bits per heavy atom. The van der Waals surface area contributed by atoms with Crippen LogP contribution in [0, 0.1) is 0 Å². The number of aromatic nitrogens is 3. The zero-order valence-electron chi connectivity index (χ0n) is 11.8. The van der Waals surface area contributed by atoms with Crippen LogP contribution in [0.25, 0.3) is 10.9 Å². The van der Waals surface area contributed by atoms with Crippen LogP contribution in [-0.4, -0.2) is 44.7 Å². The highest BCUT2D eigenvalue weighted by molar-refractivity contribution is 5.95. The molecule has 3 heterocycles. The minimum atomic E-state index is -0.773. The van der Waals surface area contributed by atoms with Gasteiger partial charge in [0.1, 0.15) is 5.82 Å². The molecular formula is C14H17N5O2. The maximum Gasteiger partial charge on any atom is 0.286 e. The van der Waals surface area contributed by atoms with Gasteiger partial charge >= 0.3 is 0 Å². The van der Waals surface area contributed by atoms with Gasteiger partial charge in [-0.1, -0.05) is 0 Å². The van der Waals surface area contributed by atoms with Crippen LogP contribution in [0.2, 0.25) is 0 Å². The molecule has 0 aliphatic carbocycles. The molecule has 3 rings (SSSR count). The van der Waals surface area contributed by atoms with E-state index in [0.29, 0.717) is 17.9 Å². The van der Waals surface area contributed by atoms with E-state index < -0.39 is 11.5 Å². The van der Waals surface area contributed by atoms with Crippen LogP contribution in [0.5, 0.6) is 0 Å². The molecule has 1 atom stereocenters. The maximum atomic E-state index is 11.4. The van der Waals surface area contributed by atoms with Gasteiger partial charge in [-0.15, -0.1) is 0 Å². The summed E-state index contributed by atoms with van der Waals surface area (Å²) in [7, 11) is 0. The molecule has 1 fully saturated rings. The summed E-state index contributed by atoms with van der Waals surface area (Å²) in [6.45, 7) is 3.01. The van der Waals surface area contributed by atoms with Crippen LogP contribution in [0.4, 0.5) is 5.82 Å². The van der Waals surface area contributed by atoms with Gasteiger partial charge < -0.3 is 15.7 Å². The fourth-order valence-corrected chi connectivity index (χ4v) is 2.71. The van der Waals surface area contributed by atoms with Gasteiger partial charge in [-0.2, -0.15) is 0 Å². The van der Waals surface area contributed by atoms with Crippen molar-refractivity contribution < 1.29 is 9.90 Å². The summed E-state index contributed by atoms with van der Waals surface area (Å²) in [5.74, 6) is -0.0884. The summed E-state index contributed by atoms with van der Waals surface area (Å²) < 4.78 is 0. The van der Waals surface area contributed by atoms with Gasteiger partial charge in [-0.05, 0) is 25.8 Å². The van der Waals surface area contributed by atoms with E-state index in [1.165, 1.54) is 0 Å². The lowest BCUT2D eigenvalue weighted by Gasteiger charge is -2.37. The van der Waals surface area contributed by atoms with Crippen molar-refractivity contribution in [3.8, 4) is 0 Å². The lowest BCUT2D eigenvalue weighted by Crippen LogP contribution is -2.46. The Labute approximate surface area is 121 Å². The van der Waals surface area contributed by atoms with Gasteiger partial charge in [0.2, 0.25) is 5.82 Å². The highest BCUT2D eigenvalue weighted by Gasteiger charge is 2.30. The van der Waals surface area contributed by atoms with Crippen molar-refractivity contribution in [1.82, 2.24) is 15.0 Å². The summed E-state index contributed by atoms with van der Waals surface area (Å²) in [5.41, 5.74) is 5.16. The quantitative estimate of drug-likeness (QED) is 0.832. The number of carbonyl (C=O) groups is 1. The summed E-state index contributed by atoms with van der Waals surface area (Å²) in [5, 5.41) is 11.0. The summed E-state index contributed by atoms with van der Waals surface area (Å²) in [6.07, 6.45) is 4.87. The Balaban J connectivity index is 2.13. The van der Waals surface area contributed by atoms with Crippen molar-refractivity contribution in [3.05, 3.63) is 24.3 Å². The number of β-amino-alcohol motifs (C(OH)–C–C–N with tert-alkyl or cyclic N) is 1. The molecule has 1 amide bonds. The van der Waals surface area contributed by atoms with Crippen molar-refractivity contribution in [2.75, 3.05) is 18.0 Å². The van der Waals surface area contributed by atoms with Crippen molar-refractivity contribution in [1.29, 1.82) is 0 Å². The maximum absolute atomic E-state index is 11.4. The molecule has 0 spiro atoms. The highest BCUT2D eigenvalue weighted by atomic mass is 16.3. The Hall–Kier alpha value is -2.28. The number of fused-ring (bicyclic) bond motifs is 1. The fraction of sp³-hybridized carbons (Fsp3) is 0.429. The van der Waals surface area contributed by atoms with Gasteiger partial charge in [0.25, 0.3) is 5.91 Å². The Bertz CT molecular complexity index is 701. The normalized spacial score (nSPS) is 22.5. The number of anilines is 1. The molecule has 7 heteroatoms. The number of pyridine rings is 1.